The van der Waals surface area contributed by atoms with E-state index in [1.165, 1.54) is 24.3 Å². The molecule has 0 aliphatic carbocycles. The number of carbonyl (C=O) groups is 1. The van der Waals surface area contributed by atoms with Gasteiger partial charge in [0, 0.05) is 41.2 Å². The maximum atomic E-state index is 12.1. The smallest absolute Gasteiger partial charge is 0.271 e. The number of nitro benzene ring substituents is 1. The van der Waals surface area contributed by atoms with Crippen LogP contribution in [0.5, 0.6) is 0 Å². The summed E-state index contributed by atoms with van der Waals surface area (Å²) in [7, 11) is 0. The van der Waals surface area contributed by atoms with E-state index in [1.807, 2.05) is 19.9 Å². The van der Waals surface area contributed by atoms with Crippen molar-refractivity contribution in [2.75, 3.05) is 0 Å². The Morgan fingerprint density at radius 2 is 2.08 bits per heavy atom. The van der Waals surface area contributed by atoms with Crippen molar-refractivity contribution in [3.63, 3.8) is 0 Å². The van der Waals surface area contributed by atoms with Crippen molar-refractivity contribution >= 4 is 17.8 Å². The third-order valence-corrected chi connectivity index (χ3v) is 3.85. The summed E-state index contributed by atoms with van der Waals surface area (Å²) in [6.07, 6.45) is 1.59. The molecule has 1 aromatic heterocycles. The van der Waals surface area contributed by atoms with Gasteiger partial charge in [0.2, 0.25) is 0 Å². The van der Waals surface area contributed by atoms with Gasteiger partial charge in [-0.1, -0.05) is 19.9 Å². The molecule has 1 aromatic carbocycles. The number of nitro groups is 1. The highest BCUT2D eigenvalue weighted by molar-refractivity contribution is 5.95. The van der Waals surface area contributed by atoms with Gasteiger partial charge in [-0.15, -0.1) is 0 Å². The maximum absolute atomic E-state index is 12.1. The number of aryl methyl sites for hydroxylation is 1. The summed E-state index contributed by atoms with van der Waals surface area (Å²) in [5.74, 6) is 0.0408. The Hall–Kier alpha value is -2.96. The van der Waals surface area contributed by atoms with E-state index in [0.717, 1.165) is 23.5 Å². The molecule has 0 saturated heterocycles. The van der Waals surface area contributed by atoms with Crippen molar-refractivity contribution in [1.29, 1.82) is 0 Å². The molecule has 0 saturated carbocycles. The third kappa shape index (κ3) is 4.53. The van der Waals surface area contributed by atoms with E-state index >= 15 is 0 Å². The molecule has 1 heterocycles. The fourth-order valence-corrected chi connectivity index (χ4v) is 2.59. The minimum atomic E-state index is -0.538. The van der Waals surface area contributed by atoms with Gasteiger partial charge in [-0.3, -0.25) is 14.9 Å². The van der Waals surface area contributed by atoms with Gasteiger partial charge in [0.15, 0.2) is 0 Å². The van der Waals surface area contributed by atoms with Crippen LogP contribution in [0.15, 0.2) is 35.4 Å². The summed E-state index contributed by atoms with van der Waals surface area (Å²) in [5.41, 5.74) is 5.62. The topological polar surface area (TPSA) is 89.5 Å². The molecule has 2 aromatic rings. The molecule has 0 fully saturated rings. The molecule has 7 nitrogen and oxygen atoms in total. The molecule has 0 atom stereocenters. The van der Waals surface area contributed by atoms with Gasteiger partial charge >= 0.3 is 0 Å². The van der Waals surface area contributed by atoms with Crippen molar-refractivity contribution in [2.24, 2.45) is 11.0 Å². The lowest BCUT2D eigenvalue weighted by molar-refractivity contribution is -0.384. The zero-order chi connectivity index (χ0) is 18.6. The first-order chi connectivity index (χ1) is 11.8. The average molecular weight is 342 g/mol. The second-order valence-electron chi connectivity index (χ2n) is 6.34. The number of carbonyl (C=O) groups excluding carboxylic acids is 1. The molecule has 1 amide bonds. The number of hydrazone groups is 1. The lowest BCUT2D eigenvalue weighted by atomic mass is 10.2. The highest BCUT2D eigenvalue weighted by Crippen LogP contribution is 2.16. The Bertz CT molecular complexity index is 822. The number of benzene rings is 1. The summed E-state index contributed by atoms with van der Waals surface area (Å²) in [4.78, 5) is 22.3. The lowest BCUT2D eigenvalue weighted by Gasteiger charge is -2.11. The first-order valence-electron chi connectivity index (χ1n) is 8.04. The first-order valence-corrected chi connectivity index (χ1v) is 8.04. The van der Waals surface area contributed by atoms with E-state index in [1.54, 1.807) is 6.21 Å². The molecule has 25 heavy (non-hydrogen) atoms. The van der Waals surface area contributed by atoms with Crippen LogP contribution in [0.25, 0.3) is 0 Å². The van der Waals surface area contributed by atoms with Gasteiger partial charge in [0.1, 0.15) is 0 Å². The van der Waals surface area contributed by atoms with Crippen LogP contribution in [-0.2, 0) is 6.54 Å². The van der Waals surface area contributed by atoms with Crippen LogP contribution in [0.1, 0.15) is 41.2 Å². The summed E-state index contributed by atoms with van der Waals surface area (Å²) >= 11 is 0. The van der Waals surface area contributed by atoms with Gasteiger partial charge in [-0.05, 0) is 31.9 Å². The zero-order valence-corrected chi connectivity index (χ0v) is 14.8. The van der Waals surface area contributed by atoms with E-state index in [-0.39, 0.29) is 11.3 Å². The van der Waals surface area contributed by atoms with Gasteiger partial charge in [-0.25, -0.2) is 5.43 Å². The van der Waals surface area contributed by atoms with E-state index in [4.69, 9.17) is 0 Å². The van der Waals surface area contributed by atoms with E-state index < -0.39 is 10.8 Å². The van der Waals surface area contributed by atoms with Gasteiger partial charge in [-0.2, -0.15) is 5.10 Å². The zero-order valence-electron chi connectivity index (χ0n) is 14.8. The molecule has 2 rings (SSSR count). The quantitative estimate of drug-likeness (QED) is 0.495. The van der Waals surface area contributed by atoms with Crippen LogP contribution in [0.2, 0.25) is 0 Å². The number of aromatic nitrogens is 1. The Labute approximate surface area is 146 Å². The van der Waals surface area contributed by atoms with Gasteiger partial charge in [0.25, 0.3) is 11.6 Å². The first kappa shape index (κ1) is 18.4. The number of nitrogens with zero attached hydrogens (tertiary/aromatic N) is 3. The van der Waals surface area contributed by atoms with Crippen molar-refractivity contribution in [2.45, 2.75) is 34.2 Å². The maximum Gasteiger partial charge on any atom is 0.271 e. The Kier molecular flexibility index (Phi) is 5.69. The Morgan fingerprint density at radius 1 is 1.36 bits per heavy atom. The highest BCUT2D eigenvalue weighted by Gasteiger charge is 2.11. The summed E-state index contributed by atoms with van der Waals surface area (Å²) in [6, 6.07) is 7.55. The fraction of sp³-hybridized carbons (Fsp3) is 0.333. The molecular weight excluding hydrogens is 320 g/mol. The normalized spacial score (nSPS) is 11.2. The fourth-order valence-electron chi connectivity index (χ4n) is 2.59. The van der Waals surface area contributed by atoms with Crippen LogP contribution in [-0.4, -0.2) is 21.6 Å². The summed E-state index contributed by atoms with van der Waals surface area (Å²) in [6.45, 7) is 9.29. The predicted molar refractivity (Wildman–Crippen MR) is 96.9 cm³/mol. The second kappa shape index (κ2) is 7.74. The number of amides is 1. The van der Waals surface area contributed by atoms with Crippen LogP contribution >= 0.6 is 0 Å². The number of non-ortho nitro benzene ring substituents is 1. The molecule has 7 heteroatoms. The van der Waals surface area contributed by atoms with Crippen molar-refractivity contribution in [3.05, 3.63) is 63.0 Å². The largest absolute Gasteiger partial charge is 0.348 e. The van der Waals surface area contributed by atoms with E-state index in [2.05, 4.69) is 28.9 Å². The summed E-state index contributed by atoms with van der Waals surface area (Å²) < 4.78 is 2.22. The molecule has 0 bridgehead atoms. The lowest BCUT2D eigenvalue weighted by Crippen LogP contribution is -2.17. The minimum absolute atomic E-state index is 0.131. The van der Waals surface area contributed by atoms with Crippen molar-refractivity contribution in [1.82, 2.24) is 9.99 Å². The van der Waals surface area contributed by atoms with Gasteiger partial charge in [0.05, 0.1) is 11.1 Å². The van der Waals surface area contributed by atoms with Crippen molar-refractivity contribution < 1.29 is 9.72 Å². The molecule has 0 unspecified atom stereocenters. The molecule has 132 valence electrons. The van der Waals surface area contributed by atoms with Gasteiger partial charge < -0.3 is 4.57 Å². The van der Waals surface area contributed by atoms with Crippen molar-refractivity contribution in [3.8, 4) is 0 Å². The second-order valence-corrected chi connectivity index (χ2v) is 6.34. The number of rotatable bonds is 6. The van der Waals surface area contributed by atoms with E-state index in [9.17, 15) is 14.9 Å². The Balaban J connectivity index is 2.09. The number of nitrogens with one attached hydrogen (secondary N) is 1. The third-order valence-electron chi connectivity index (χ3n) is 3.85. The molecule has 0 aliphatic rings. The van der Waals surface area contributed by atoms with Crippen LogP contribution in [0, 0.1) is 29.9 Å². The molecule has 1 N–H and O–H groups in total. The molecule has 0 radical (unpaired) electrons. The highest BCUT2D eigenvalue weighted by atomic mass is 16.6. The Morgan fingerprint density at radius 3 is 2.72 bits per heavy atom. The summed E-state index contributed by atoms with van der Waals surface area (Å²) in [5, 5.41) is 14.7. The SMILES string of the molecule is Cc1cc(/C=N\NC(=O)c2cccc([N+](=O)[O-])c2)c(C)n1CC(C)C. The average Bonchev–Trinajstić information content (AvgIpc) is 2.82. The van der Waals surface area contributed by atoms with Crippen LogP contribution < -0.4 is 5.43 Å². The van der Waals surface area contributed by atoms with Crippen LogP contribution in [0.4, 0.5) is 5.69 Å². The number of hydrogen-bond acceptors (Lipinski definition) is 4. The minimum Gasteiger partial charge on any atom is -0.348 e. The standard InChI is InChI=1S/C18H22N4O3/c1-12(2)11-21-13(3)8-16(14(21)4)10-19-20-18(23)15-6-5-7-17(9-15)22(24)25/h5-10,12H,11H2,1-4H3,(H,20,23)/b19-10-. The van der Waals surface area contributed by atoms with E-state index in [0.29, 0.717) is 5.92 Å². The number of hydrogen-bond donors (Lipinski definition) is 1. The molecular formula is C18H22N4O3. The van der Waals surface area contributed by atoms with Crippen LogP contribution in [0.3, 0.4) is 0 Å². The monoisotopic (exact) mass is 342 g/mol. The molecule has 0 aliphatic heterocycles. The molecule has 0 spiro atoms. The predicted octanol–water partition coefficient (Wildman–Crippen LogP) is 3.43.